The highest BCUT2D eigenvalue weighted by molar-refractivity contribution is 7.10. The van der Waals surface area contributed by atoms with Crippen molar-refractivity contribution in [2.24, 2.45) is 0 Å². The lowest BCUT2D eigenvalue weighted by Gasteiger charge is -2.22. The number of aromatic nitrogens is 2. The van der Waals surface area contributed by atoms with Gasteiger partial charge in [-0.3, -0.25) is 4.90 Å². The number of hydrogen-bond donors (Lipinski definition) is 0. The zero-order valence-corrected chi connectivity index (χ0v) is 9.94. The average molecular weight is 231 g/mol. The molecular weight excluding hydrogens is 218 g/mol. The highest BCUT2D eigenvalue weighted by atomic mass is 32.1. The van der Waals surface area contributed by atoms with E-state index in [-0.39, 0.29) is 0 Å². The highest BCUT2D eigenvalue weighted by Crippen LogP contribution is 2.31. The van der Waals surface area contributed by atoms with E-state index in [4.69, 9.17) is 0 Å². The van der Waals surface area contributed by atoms with Gasteiger partial charge in [0, 0.05) is 35.8 Å². The van der Waals surface area contributed by atoms with Crippen LogP contribution < -0.4 is 0 Å². The molecule has 0 radical (unpaired) electrons. The molecule has 1 unspecified atom stereocenters. The molecule has 0 spiro atoms. The smallest absolute Gasteiger partial charge is 0.115 e. The minimum atomic E-state index is 0.467. The Hall–Kier alpha value is -1.26. The van der Waals surface area contributed by atoms with Gasteiger partial charge in [0.15, 0.2) is 0 Å². The molecule has 82 valence electrons. The third-order valence-corrected chi connectivity index (χ3v) is 4.15. The number of nitrogens with zero attached hydrogens (tertiary/aromatic N) is 3. The van der Waals surface area contributed by atoms with Gasteiger partial charge in [-0.15, -0.1) is 11.3 Å². The van der Waals surface area contributed by atoms with Crippen molar-refractivity contribution >= 4 is 11.3 Å². The minimum Gasteiger partial charge on any atom is -0.286 e. The normalized spacial score (nSPS) is 17.3. The van der Waals surface area contributed by atoms with Crippen LogP contribution in [0.25, 0.3) is 0 Å². The van der Waals surface area contributed by atoms with Crippen LogP contribution in [0, 0.1) is 0 Å². The van der Waals surface area contributed by atoms with Gasteiger partial charge in [-0.2, -0.15) is 0 Å². The summed E-state index contributed by atoms with van der Waals surface area (Å²) in [4.78, 5) is 12.3. The fourth-order valence-corrected chi connectivity index (χ4v) is 2.93. The molecule has 0 fully saturated rings. The largest absolute Gasteiger partial charge is 0.286 e. The van der Waals surface area contributed by atoms with Crippen LogP contribution in [0.4, 0.5) is 0 Å². The molecule has 0 aromatic carbocycles. The summed E-state index contributed by atoms with van der Waals surface area (Å²) in [5.74, 6) is 0. The second kappa shape index (κ2) is 3.96. The van der Waals surface area contributed by atoms with Gasteiger partial charge in [0.2, 0.25) is 0 Å². The molecule has 16 heavy (non-hydrogen) atoms. The standard InChI is InChI=1S/C12H13N3S/c1-9(12-3-2-4-16-12)15-6-10-5-13-8-14-11(10)7-15/h2-5,8-9H,6-7H2,1H3. The second-order valence-corrected chi connectivity index (χ2v) is 5.07. The fourth-order valence-electron chi connectivity index (χ4n) is 2.11. The van der Waals surface area contributed by atoms with Gasteiger partial charge in [-0.25, -0.2) is 9.97 Å². The lowest BCUT2D eigenvalue weighted by atomic mass is 10.2. The number of thiophene rings is 1. The molecule has 1 aliphatic rings. The summed E-state index contributed by atoms with van der Waals surface area (Å²) >= 11 is 1.82. The molecule has 2 aromatic heterocycles. The molecule has 0 amide bonds. The monoisotopic (exact) mass is 231 g/mol. The molecule has 0 saturated heterocycles. The van der Waals surface area contributed by atoms with Crippen molar-refractivity contribution in [2.75, 3.05) is 0 Å². The summed E-state index contributed by atoms with van der Waals surface area (Å²) in [5.41, 5.74) is 2.45. The molecule has 3 rings (SSSR count). The molecule has 0 bridgehead atoms. The van der Waals surface area contributed by atoms with Crippen molar-refractivity contribution in [1.29, 1.82) is 0 Å². The average Bonchev–Trinajstić information content (AvgIpc) is 2.97. The van der Waals surface area contributed by atoms with Gasteiger partial charge < -0.3 is 0 Å². The Balaban J connectivity index is 1.81. The van der Waals surface area contributed by atoms with Crippen LogP contribution in [0.1, 0.15) is 29.1 Å². The summed E-state index contributed by atoms with van der Waals surface area (Å²) in [6.07, 6.45) is 3.57. The Kier molecular flexibility index (Phi) is 2.46. The van der Waals surface area contributed by atoms with Crippen LogP contribution in [0.3, 0.4) is 0 Å². The van der Waals surface area contributed by atoms with Crippen LogP contribution in [0.2, 0.25) is 0 Å². The maximum atomic E-state index is 4.32. The zero-order valence-electron chi connectivity index (χ0n) is 9.13. The van der Waals surface area contributed by atoms with E-state index < -0.39 is 0 Å². The van der Waals surface area contributed by atoms with E-state index in [2.05, 4.69) is 39.3 Å². The second-order valence-electron chi connectivity index (χ2n) is 4.09. The molecule has 1 atom stereocenters. The summed E-state index contributed by atoms with van der Waals surface area (Å²) in [6.45, 7) is 4.16. The molecule has 3 heterocycles. The van der Waals surface area contributed by atoms with Gasteiger partial charge in [0.05, 0.1) is 5.69 Å². The lowest BCUT2D eigenvalue weighted by molar-refractivity contribution is 0.217. The first-order valence-corrected chi connectivity index (χ1v) is 6.28. The van der Waals surface area contributed by atoms with Crippen molar-refractivity contribution < 1.29 is 0 Å². The molecule has 0 saturated carbocycles. The van der Waals surface area contributed by atoms with Crippen molar-refractivity contribution in [3.63, 3.8) is 0 Å². The Bertz CT molecular complexity index is 456. The molecule has 3 nitrogen and oxygen atoms in total. The predicted molar refractivity (Wildman–Crippen MR) is 64.0 cm³/mol. The Morgan fingerprint density at radius 1 is 1.44 bits per heavy atom. The van der Waals surface area contributed by atoms with Crippen LogP contribution in [-0.2, 0) is 13.1 Å². The highest BCUT2D eigenvalue weighted by Gasteiger charge is 2.25. The van der Waals surface area contributed by atoms with E-state index in [1.165, 1.54) is 16.1 Å². The van der Waals surface area contributed by atoms with Gasteiger partial charge in [-0.1, -0.05) is 6.07 Å². The van der Waals surface area contributed by atoms with Crippen molar-refractivity contribution in [2.45, 2.75) is 26.1 Å². The van der Waals surface area contributed by atoms with E-state index in [9.17, 15) is 0 Å². The Morgan fingerprint density at radius 3 is 3.12 bits per heavy atom. The van der Waals surface area contributed by atoms with Crippen molar-refractivity contribution in [3.05, 3.63) is 46.2 Å². The van der Waals surface area contributed by atoms with E-state index in [0.29, 0.717) is 6.04 Å². The van der Waals surface area contributed by atoms with E-state index in [0.717, 1.165) is 13.1 Å². The SMILES string of the molecule is CC(c1cccs1)N1Cc2cncnc2C1. The summed E-state index contributed by atoms with van der Waals surface area (Å²) < 4.78 is 0. The topological polar surface area (TPSA) is 29.0 Å². The first-order chi connectivity index (χ1) is 7.84. The maximum absolute atomic E-state index is 4.32. The Labute approximate surface area is 98.8 Å². The van der Waals surface area contributed by atoms with Crippen LogP contribution in [0.15, 0.2) is 30.0 Å². The molecule has 2 aromatic rings. The summed E-state index contributed by atoms with van der Waals surface area (Å²) in [6, 6.07) is 4.78. The molecule has 0 N–H and O–H groups in total. The Morgan fingerprint density at radius 2 is 2.38 bits per heavy atom. The maximum Gasteiger partial charge on any atom is 0.115 e. The van der Waals surface area contributed by atoms with E-state index >= 15 is 0 Å². The third-order valence-electron chi connectivity index (χ3n) is 3.11. The predicted octanol–water partition coefficient (Wildman–Crippen LogP) is 2.61. The van der Waals surface area contributed by atoms with Crippen LogP contribution in [-0.4, -0.2) is 14.9 Å². The molecular formula is C12H13N3S. The first kappa shape index (κ1) is 9.93. The minimum absolute atomic E-state index is 0.467. The first-order valence-electron chi connectivity index (χ1n) is 5.40. The number of rotatable bonds is 2. The van der Waals surface area contributed by atoms with E-state index in [1.54, 1.807) is 6.33 Å². The number of fused-ring (bicyclic) bond motifs is 1. The van der Waals surface area contributed by atoms with Crippen molar-refractivity contribution in [3.8, 4) is 0 Å². The quantitative estimate of drug-likeness (QED) is 0.795. The molecule has 0 aliphatic carbocycles. The van der Waals surface area contributed by atoms with Gasteiger partial charge in [0.25, 0.3) is 0 Å². The van der Waals surface area contributed by atoms with E-state index in [1.807, 2.05) is 17.5 Å². The molecule has 4 heteroatoms. The van der Waals surface area contributed by atoms with Crippen molar-refractivity contribution in [1.82, 2.24) is 14.9 Å². The van der Waals surface area contributed by atoms with Gasteiger partial charge >= 0.3 is 0 Å². The zero-order chi connectivity index (χ0) is 11.0. The summed E-state index contributed by atoms with van der Waals surface area (Å²) in [5, 5.41) is 2.13. The van der Waals surface area contributed by atoms with Gasteiger partial charge in [0.1, 0.15) is 6.33 Å². The summed E-state index contributed by atoms with van der Waals surface area (Å²) in [7, 11) is 0. The lowest BCUT2D eigenvalue weighted by Crippen LogP contribution is -2.19. The number of hydrogen-bond acceptors (Lipinski definition) is 4. The molecule has 1 aliphatic heterocycles. The van der Waals surface area contributed by atoms with Crippen LogP contribution >= 0.6 is 11.3 Å². The fraction of sp³-hybridized carbons (Fsp3) is 0.333. The van der Waals surface area contributed by atoms with Crippen LogP contribution in [0.5, 0.6) is 0 Å². The third kappa shape index (κ3) is 1.64. The van der Waals surface area contributed by atoms with Gasteiger partial charge in [-0.05, 0) is 18.4 Å².